The fourth-order valence-electron chi connectivity index (χ4n) is 5.05. The van der Waals surface area contributed by atoms with Crippen LogP contribution in [0.15, 0.2) is 30.9 Å². The number of hydrogen-bond acceptors (Lipinski definition) is 10. The van der Waals surface area contributed by atoms with Crippen LogP contribution < -0.4 is 10.1 Å². The third-order valence-electron chi connectivity index (χ3n) is 7.23. The van der Waals surface area contributed by atoms with E-state index in [1.807, 2.05) is 24.7 Å². The van der Waals surface area contributed by atoms with Gasteiger partial charge in [-0.3, -0.25) is 0 Å². The van der Waals surface area contributed by atoms with E-state index in [1.165, 1.54) is 16.9 Å². The van der Waals surface area contributed by atoms with E-state index in [4.69, 9.17) is 9.47 Å². The van der Waals surface area contributed by atoms with Crippen molar-refractivity contribution in [3.63, 3.8) is 0 Å². The van der Waals surface area contributed by atoms with Crippen molar-refractivity contribution in [3.05, 3.63) is 36.4 Å². The number of rotatable bonds is 6. The van der Waals surface area contributed by atoms with Crippen molar-refractivity contribution in [2.24, 2.45) is 5.41 Å². The van der Waals surface area contributed by atoms with E-state index in [0.29, 0.717) is 23.3 Å². The first-order valence-corrected chi connectivity index (χ1v) is 12.8. The number of hydrogen-bond donors (Lipinski definition) is 1. The molecule has 1 aliphatic carbocycles. The average Bonchev–Trinajstić information content (AvgIpc) is 3.49. The van der Waals surface area contributed by atoms with Crippen LogP contribution in [-0.4, -0.2) is 69.3 Å². The Bertz CT molecular complexity index is 1120. The van der Waals surface area contributed by atoms with Crippen LogP contribution in [0.1, 0.15) is 43.6 Å². The van der Waals surface area contributed by atoms with E-state index in [0.717, 1.165) is 74.1 Å². The van der Waals surface area contributed by atoms with E-state index in [-0.39, 0.29) is 6.10 Å². The monoisotopic (exact) mass is 479 g/mol. The Morgan fingerprint density at radius 1 is 1.09 bits per heavy atom. The molecule has 0 radical (unpaired) electrons. The summed E-state index contributed by atoms with van der Waals surface area (Å²) in [7, 11) is 2.15. The minimum atomic E-state index is 0.171. The van der Waals surface area contributed by atoms with E-state index < -0.39 is 0 Å². The number of nitrogens with zero attached hydrogens (tertiary/aromatic N) is 6. The fourth-order valence-corrected chi connectivity index (χ4v) is 5.83. The van der Waals surface area contributed by atoms with E-state index in [1.54, 1.807) is 6.20 Å². The third-order valence-corrected chi connectivity index (χ3v) is 8.16. The Kier molecular flexibility index (Phi) is 5.88. The van der Waals surface area contributed by atoms with Gasteiger partial charge in [-0.25, -0.2) is 19.9 Å². The minimum Gasteiger partial charge on any atom is -0.460 e. The van der Waals surface area contributed by atoms with Crippen LogP contribution in [0.3, 0.4) is 0 Å². The second-order valence-corrected chi connectivity index (χ2v) is 10.8. The van der Waals surface area contributed by atoms with Gasteiger partial charge in [0, 0.05) is 42.7 Å². The highest BCUT2D eigenvalue weighted by Crippen LogP contribution is 2.43. The lowest BCUT2D eigenvalue weighted by Gasteiger charge is -2.45. The summed E-state index contributed by atoms with van der Waals surface area (Å²) < 4.78 is 11.5. The average molecular weight is 480 g/mol. The Morgan fingerprint density at radius 2 is 1.91 bits per heavy atom. The molecule has 9 nitrogen and oxygen atoms in total. The topological polar surface area (TPSA) is 98.2 Å². The van der Waals surface area contributed by atoms with Gasteiger partial charge in [0.15, 0.2) is 5.13 Å². The lowest BCUT2D eigenvalue weighted by molar-refractivity contribution is -0.140. The molecule has 1 saturated carbocycles. The lowest BCUT2D eigenvalue weighted by Crippen LogP contribution is -2.46. The van der Waals surface area contributed by atoms with E-state index in [9.17, 15) is 0 Å². The quantitative estimate of drug-likeness (QED) is 0.564. The molecule has 2 saturated heterocycles. The van der Waals surface area contributed by atoms with Crippen molar-refractivity contribution >= 4 is 22.4 Å². The molecule has 1 spiro atoms. The first-order chi connectivity index (χ1) is 16.6. The normalized spacial score (nSPS) is 22.6. The van der Waals surface area contributed by atoms with Crippen LogP contribution in [0.5, 0.6) is 6.01 Å². The molecular formula is C24H29N7O2S. The number of ether oxygens (including phenoxy) is 2. The van der Waals surface area contributed by atoms with Gasteiger partial charge in [0.1, 0.15) is 6.10 Å². The summed E-state index contributed by atoms with van der Waals surface area (Å²) in [4.78, 5) is 25.7. The van der Waals surface area contributed by atoms with Crippen molar-refractivity contribution in [1.29, 1.82) is 0 Å². The SMILES string of the molecule is CN1CCC(c2cnc(Nc3ncc(-c4ccnc(OC5CCC6(CC5)COC6)n4)s3)nc2)C1. The molecule has 34 heavy (non-hydrogen) atoms. The second-order valence-electron chi connectivity index (χ2n) is 9.78. The Hall–Kier alpha value is -2.69. The molecule has 5 heterocycles. The largest absolute Gasteiger partial charge is 0.460 e. The minimum absolute atomic E-state index is 0.171. The summed E-state index contributed by atoms with van der Waals surface area (Å²) in [5, 5.41) is 3.94. The fraction of sp³-hybridized carbons (Fsp3) is 0.542. The van der Waals surface area contributed by atoms with Crippen molar-refractivity contribution in [2.75, 3.05) is 38.7 Å². The van der Waals surface area contributed by atoms with Gasteiger partial charge in [0.25, 0.3) is 0 Å². The zero-order valence-electron chi connectivity index (χ0n) is 19.3. The van der Waals surface area contributed by atoms with Crippen molar-refractivity contribution in [1.82, 2.24) is 29.8 Å². The van der Waals surface area contributed by atoms with E-state index in [2.05, 4.69) is 42.2 Å². The molecule has 178 valence electrons. The standard InChI is InChI=1S/C24H29N7O2S/c1-31-9-5-16(13-31)17-10-26-21(27-11-17)30-23-28-12-20(34-23)19-4-8-25-22(29-19)33-18-2-6-24(7-3-18)14-32-15-24/h4,8,10-12,16,18H,2-3,5-7,9,13-15H2,1H3,(H,26,27,28,30). The molecule has 3 aromatic heterocycles. The molecule has 1 unspecified atom stereocenters. The zero-order valence-corrected chi connectivity index (χ0v) is 20.1. The molecular weight excluding hydrogens is 450 g/mol. The molecule has 1 N–H and O–H groups in total. The maximum absolute atomic E-state index is 6.12. The van der Waals surface area contributed by atoms with Crippen molar-refractivity contribution in [2.45, 2.75) is 44.1 Å². The van der Waals surface area contributed by atoms with Gasteiger partial charge in [0.2, 0.25) is 5.95 Å². The Labute approximate surface area is 203 Å². The lowest BCUT2D eigenvalue weighted by atomic mass is 9.72. The van der Waals surface area contributed by atoms with E-state index >= 15 is 0 Å². The first-order valence-electron chi connectivity index (χ1n) is 12.0. The summed E-state index contributed by atoms with van der Waals surface area (Å²) in [5.74, 6) is 1.07. The predicted octanol–water partition coefficient (Wildman–Crippen LogP) is 3.89. The molecule has 3 aromatic rings. The van der Waals surface area contributed by atoms with Crippen LogP contribution in [-0.2, 0) is 4.74 Å². The highest BCUT2D eigenvalue weighted by Gasteiger charge is 2.42. The van der Waals surface area contributed by atoms with Crippen LogP contribution in [0.4, 0.5) is 11.1 Å². The first kappa shape index (κ1) is 21.8. The zero-order chi connectivity index (χ0) is 23.0. The molecule has 6 rings (SSSR count). The van der Waals surface area contributed by atoms with Gasteiger partial charge in [-0.1, -0.05) is 11.3 Å². The number of likely N-dealkylation sites (N-methyl/N-ethyl adjacent to an activating group) is 1. The predicted molar refractivity (Wildman–Crippen MR) is 129 cm³/mol. The molecule has 3 fully saturated rings. The van der Waals surface area contributed by atoms with Gasteiger partial charge in [-0.15, -0.1) is 0 Å². The summed E-state index contributed by atoms with van der Waals surface area (Å²) in [6.45, 7) is 3.99. The van der Waals surface area contributed by atoms with Gasteiger partial charge >= 0.3 is 6.01 Å². The Balaban J connectivity index is 1.07. The molecule has 0 aromatic carbocycles. The van der Waals surface area contributed by atoms with Crippen LogP contribution in [0.2, 0.25) is 0 Å². The third kappa shape index (κ3) is 4.62. The van der Waals surface area contributed by atoms with Crippen LogP contribution >= 0.6 is 11.3 Å². The molecule has 1 atom stereocenters. The van der Waals surface area contributed by atoms with Crippen molar-refractivity contribution in [3.8, 4) is 16.6 Å². The number of likely N-dealkylation sites (tertiary alicyclic amines) is 1. The molecule has 0 amide bonds. The summed E-state index contributed by atoms with van der Waals surface area (Å²) in [5.41, 5.74) is 2.40. The number of nitrogens with one attached hydrogen (secondary N) is 1. The molecule has 0 bridgehead atoms. The molecule has 3 aliphatic rings. The van der Waals surface area contributed by atoms with Gasteiger partial charge in [0.05, 0.1) is 23.8 Å². The van der Waals surface area contributed by atoms with Gasteiger partial charge in [-0.05, 0) is 57.3 Å². The second kappa shape index (κ2) is 9.16. The number of anilines is 2. The van der Waals surface area contributed by atoms with Gasteiger partial charge < -0.3 is 19.7 Å². The highest BCUT2D eigenvalue weighted by atomic mass is 32.1. The smallest absolute Gasteiger partial charge is 0.317 e. The maximum Gasteiger partial charge on any atom is 0.317 e. The number of aromatic nitrogens is 5. The van der Waals surface area contributed by atoms with Gasteiger partial charge in [-0.2, -0.15) is 4.98 Å². The van der Waals surface area contributed by atoms with Crippen LogP contribution in [0, 0.1) is 5.41 Å². The van der Waals surface area contributed by atoms with Crippen molar-refractivity contribution < 1.29 is 9.47 Å². The summed E-state index contributed by atoms with van der Waals surface area (Å²) in [6.07, 6.45) is 13.1. The number of thiazole rings is 1. The molecule has 2 aliphatic heterocycles. The van der Waals surface area contributed by atoms with Crippen LogP contribution in [0.25, 0.3) is 10.6 Å². The molecule has 10 heteroatoms. The summed E-state index contributed by atoms with van der Waals surface area (Å²) >= 11 is 1.51. The highest BCUT2D eigenvalue weighted by molar-refractivity contribution is 7.18. The summed E-state index contributed by atoms with van der Waals surface area (Å²) in [6, 6.07) is 2.32. The Morgan fingerprint density at radius 3 is 2.62 bits per heavy atom. The maximum atomic E-state index is 6.12.